The molecule has 29 heavy (non-hydrogen) atoms. The first-order valence-electron chi connectivity index (χ1n) is 8.01. The maximum absolute atomic E-state index is 12.2. The van der Waals surface area contributed by atoms with Gasteiger partial charge in [-0.2, -0.15) is 36.4 Å². The van der Waals surface area contributed by atoms with Crippen LogP contribution in [0.25, 0.3) is 0 Å². The monoisotopic (exact) mass is 512 g/mol. The molecule has 0 radical (unpaired) electrons. The van der Waals surface area contributed by atoms with Crippen LogP contribution in [0.4, 0.5) is 8.78 Å². The van der Waals surface area contributed by atoms with Crippen LogP contribution in [0.3, 0.4) is 0 Å². The number of aromatic hydroxyl groups is 2. The van der Waals surface area contributed by atoms with E-state index in [1.165, 1.54) is 12.1 Å². The van der Waals surface area contributed by atoms with Gasteiger partial charge in [0.2, 0.25) is 0 Å². The van der Waals surface area contributed by atoms with E-state index in [2.05, 4.69) is 0 Å². The predicted octanol–water partition coefficient (Wildman–Crippen LogP) is 7.18. The number of benzene rings is 2. The minimum Gasteiger partial charge on any atom is -0.506 e. The maximum Gasteiger partial charge on any atom is 2.00 e. The molecule has 0 aromatic heterocycles. The molecule has 0 aliphatic carbocycles. The van der Waals surface area contributed by atoms with Gasteiger partial charge in [-0.25, -0.2) is 33.0 Å². The molecule has 0 amide bonds. The Balaban J connectivity index is 0.000000369. The summed E-state index contributed by atoms with van der Waals surface area (Å²) in [6, 6.07) is 26.8. The molecule has 4 aromatic carbocycles. The molecule has 0 atom stereocenters. The minimum absolute atomic E-state index is 0. The van der Waals surface area contributed by atoms with Gasteiger partial charge in [0.05, 0.1) is 10.0 Å². The Labute approximate surface area is 197 Å². The zero-order valence-electron chi connectivity index (χ0n) is 15.1. The molecule has 0 heterocycles. The van der Waals surface area contributed by atoms with Gasteiger partial charge >= 0.3 is 26.2 Å². The Bertz CT molecular complexity index is 789. The minimum atomic E-state index is -0.446. The van der Waals surface area contributed by atoms with Gasteiger partial charge in [0.15, 0.2) is 0 Å². The summed E-state index contributed by atoms with van der Waals surface area (Å²) in [5.41, 5.74) is 0. The van der Waals surface area contributed by atoms with E-state index in [9.17, 15) is 8.78 Å². The van der Waals surface area contributed by atoms with Crippen LogP contribution >= 0.6 is 23.2 Å². The normalized spacial score (nSPS) is 8.69. The third kappa shape index (κ3) is 13.0. The van der Waals surface area contributed by atoms with Crippen LogP contribution in [-0.2, 0) is 26.2 Å². The summed E-state index contributed by atoms with van der Waals surface area (Å²) in [6.07, 6.45) is 0. The van der Waals surface area contributed by atoms with Gasteiger partial charge in [-0.3, -0.25) is 0 Å². The van der Waals surface area contributed by atoms with Crippen LogP contribution in [0, 0.1) is 11.6 Å². The number of halogens is 4. The first kappa shape index (κ1) is 27.1. The van der Waals surface area contributed by atoms with Gasteiger partial charge in [0.1, 0.15) is 23.1 Å². The zero-order chi connectivity index (χ0) is 20.8. The molecule has 7 heteroatoms. The fourth-order valence-electron chi connectivity index (χ4n) is 1.60. The molecule has 2 N–H and O–H groups in total. The van der Waals surface area contributed by atoms with E-state index in [4.69, 9.17) is 33.4 Å². The summed E-state index contributed by atoms with van der Waals surface area (Å²) < 4.78 is 24.3. The summed E-state index contributed by atoms with van der Waals surface area (Å²) >= 11 is 10.6. The van der Waals surface area contributed by atoms with Crippen molar-refractivity contribution in [3.8, 4) is 11.5 Å². The van der Waals surface area contributed by atoms with Crippen LogP contribution in [0.15, 0.2) is 97.1 Å². The van der Waals surface area contributed by atoms with E-state index in [-0.39, 0.29) is 47.7 Å². The molecule has 0 fully saturated rings. The molecule has 4 aromatic rings. The fourth-order valence-corrected chi connectivity index (χ4v) is 1.94. The molecule has 2 nitrogen and oxygen atoms in total. The molecule has 0 saturated carbocycles. The van der Waals surface area contributed by atoms with Gasteiger partial charge in [-0.05, 0) is 36.4 Å². The molecule has 0 bridgehead atoms. The first-order chi connectivity index (χ1) is 13.4. The average molecular weight is 515 g/mol. The summed E-state index contributed by atoms with van der Waals surface area (Å²) in [6.45, 7) is 0. The van der Waals surface area contributed by atoms with Crippen molar-refractivity contribution in [1.82, 2.24) is 0 Å². The van der Waals surface area contributed by atoms with Crippen molar-refractivity contribution in [3.63, 3.8) is 0 Å². The molecule has 0 spiro atoms. The molecular weight excluding hydrogens is 496 g/mol. The quantitative estimate of drug-likeness (QED) is 0.244. The van der Waals surface area contributed by atoms with Crippen LogP contribution in [-0.4, -0.2) is 10.2 Å². The second-order valence-corrected chi connectivity index (χ2v) is 5.93. The van der Waals surface area contributed by atoms with Gasteiger partial charge in [-0.15, -0.1) is 0 Å². The molecule has 0 saturated heterocycles. The average Bonchev–Trinajstić information content (AvgIpc) is 3.41. The van der Waals surface area contributed by atoms with E-state index in [0.717, 1.165) is 24.3 Å². The predicted molar refractivity (Wildman–Crippen MR) is 110 cm³/mol. The number of hydrogen-bond donors (Lipinski definition) is 2. The number of rotatable bonds is 0. The smallest absolute Gasteiger partial charge is 0.506 e. The number of hydrogen-bond acceptors (Lipinski definition) is 2. The zero-order valence-corrected chi connectivity index (χ0v) is 19.1. The van der Waals surface area contributed by atoms with Crippen LogP contribution < -0.4 is 0 Å². The topological polar surface area (TPSA) is 40.5 Å². The van der Waals surface area contributed by atoms with Gasteiger partial charge in [0.25, 0.3) is 0 Å². The fraction of sp³-hybridized carbons (Fsp3) is 0. The second-order valence-electron chi connectivity index (χ2n) is 5.12. The second kappa shape index (κ2) is 15.9. The van der Waals surface area contributed by atoms with Crippen molar-refractivity contribution in [2.45, 2.75) is 0 Å². The molecule has 0 aliphatic rings. The standard InChI is InChI=1S/2C6H4ClFO.2C5H5.Zr/c2*7-5-3-4(8)1-2-6(5)9;2*1-2-4-5-3-1;/h2*1-3,9H;2*1-5H;/q;;2*-1;+2. The maximum atomic E-state index is 12.2. The van der Waals surface area contributed by atoms with E-state index in [0.29, 0.717) is 0 Å². The van der Waals surface area contributed by atoms with Gasteiger partial charge in [0, 0.05) is 0 Å². The van der Waals surface area contributed by atoms with Crippen molar-refractivity contribution in [1.29, 1.82) is 0 Å². The van der Waals surface area contributed by atoms with Gasteiger partial charge in [-0.1, -0.05) is 23.2 Å². The number of phenolic OH excluding ortho intramolecular Hbond substituents is 2. The van der Waals surface area contributed by atoms with Crippen LogP contribution in [0.5, 0.6) is 11.5 Å². The third-order valence-corrected chi connectivity index (χ3v) is 3.54. The van der Waals surface area contributed by atoms with E-state index in [1.807, 2.05) is 60.7 Å². The van der Waals surface area contributed by atoms with E-state index >= 15 is 0 Å². The molecule has 0 unspecified atom stereocenters. The summed E-state index contributed by atoms with van der Waals surface area (Å²) in [5.74, 6) is -1.09. The summed E-state index contributed by atoms with van der Waals surface area (Å²) in [4.78, 5) is 0. The van der Waals surface area contributed by atoms with Crippen molar-refractivity contribution in [3.05, 3.63) is 119 Å². The molecular formula is C22H18Cl2F2O2Zr. The SMILES string of the molecule is Oc1ccc(F)cc1Cl.Oc1ccc(F)cc1Cl.[Zr+2].c1cc[cH-]c1.c1cc[cH-]c1. The Kier molecular flexibility index (Phi) is 14.9. The largest absolute Gasteiger partial charge is 2.00 e. The van der Waals surface area contributed by atoms with Crippen molar-refractivity contribution >= 4 is 23.2 Å². The summed E-state index contributed by atoms with van der Waals surface area (Å²) in [7, 11) is 0. The van der Waals surface area contributed by atoms with E-state index in [1.54, 1.807) is 0 Å². The molecule has 4 rings (SSSR count). The van der Waals surface area contributed by atoms with Crippen LogP contribution in [0.2, 0.25) is 10.0 Å². The van der Waals surface area contributed by atoms with Crippen molar-refractivity contribution in [2.75, 3.05) is 0 Å². The Morgan fingerprint density at radius 3 is 1.10 bits per heavy atom. The first-order valence-corrected chi connectivity index (χ1v) is 8.77. The van der Waals surface area contributed by atoms with Crippen LogP contribution in [0.1, 0.15) is 0 Å². The van der Waals surface area contributed by atoms with Gasteiger partial charge < -0.3 is 10.2 Å². The Hall–Kier alpha value is -1.94. The molecule has 0 aliphatic heterocycles. The van der Waals surface area contributed by atoms with Crippen molar-refractivity contribution in [2.24, 2.45) is 0 Å². The number of phenols is 2. The third-order valence-electron chi connectivity index (χ3n) is 2.93. The molecule has 150 valence electrons. The van der Waals surface area contributed by atoms with E-state index < -0.39 is 11.6 Å². The summed E-state index contributed by atoms with van der Waals surface area (Å²) in [5, 5.41) is 17.6. The Morgan fingerprint density at radius 2 is 0.931 bits per heavy atom. The van der Waals surface area contributed by atoms with Crippen molar-refractivity contribution < 1.29 is 45.2 Å². The Morgan fingerprint density at radius 1 is 0.621 bits per heavy atom.